The average Bonchev–Trinajstić information content (AvgIpc) is 3.16. The SMILES string of the molecule is CCCC(=O)O[C@H]1C[C@](C)(OC(C)=O)[C@H]2C[C@@H](OC(=O)C(C)CC)[C@H](C)[C@H]2[C@@H]2OC(=O)[C@@](C)(O)[C@@]12O. The highest BCUT2D eigenvalue weighted by Crippen LogP contribution is 2.59. The molecule has 0 aromatic carbocycles. The summed E-state index contributed by atoms with van der Waals surface area (Å²) in [7, 11) is 0. The van der Waals surface area contributed by atoms with E-state index < -0.39 is 70.8 Å². The Balaban J connectivity index is 2.12. The van der Waals surface area contributed by atoms with Gasteiger partial charge in [0.1, 0.15) is 23.9 Å². The molecule has 1 aliphatic heterocycles. The van der Waals surface area contributed by atoms with Gasteiger partial charge in [0.05, 0.1) is 5.92 Å². The minimum absolute atomic E-state index is 0.0649. The van der Waals surface area contributed by atoms with Crippen molar-refractivity contribution in [2.75, 3.05) is 0 Å². The number of fused-ring (bicyclic) bond motifs is 3. The number of hydrogen-bond donors (Lipinski definition) is 2. The first-order valence-electron chi connectivity index (χ1n) is 12.9. The molecule has 0 aromatic rings. The topological polar surface area (TPSA) is 146 Å². The Morgan fingerprint density at radius 1 is 1.17 bits per heavy atom. The van der Waals surface area contributed by atoms with Crippen LogP contribution in [0.25, 0.3) is 0 Å². The van der Waals surface area contributed by atoms with Gasteiger partial charge in [-0.25, -0.2) is 4.79 Å². The molecule has 2 saturated carbocycles. The lowest BCUT2D eigenvalue weighted by Gasteiger charge is -2.41. The first-order valence-corrected chi connectivity index (χ1v) is 12.9. The van der Waals surface area contributed by atoms with E-state index in [0.717, 1.165) is 6.92 Å². The third kappa shape index (κ3) is 4.51. The maximum Gasteiger partial charge on any atom is 0.341 e. The molecular weight excluding hydrogens is 472 g/mol. The van der Waals surface area contributed by atoms with Crippen LogP contribution in [0.3, 0.4) is 0 Å². The van der Waals surface area contributed by atoms with E-state index in [1.807, 2.05) is 13.8 Å². The molecule has 10 atom stereocenters. The number of carbonyl (C=O) groups excluding carboxylic acids is 4. The molecule has 0 bridgehead atoms. The highest BCUT2D eigenvalue weighted by Gasteiger charge is 2.76. The summed E-state index contributed by atoms with van der Waals surface area (Å²) in [5, 5.41) is 23.3. The number of esters is 4. The molecule has 204 valence electrons. The predicted octanol–water partition coefficient (Wildman–Crippen LogP) is 2.06. The van der Waals surface area contributed by atoms with Crippen LogP contribution in [0.15, 0.2) is 0 Å². The van der Waals surface area contributed by atoms with Gasteiger partial charge in [-0.3, -0.25) is 14.4 Å². The fourth-order valence-corrected chi connectivity index (χ4v) is 6.27. The van der Waals surface area contributed by atoms with Gasteiger partial charge in [0, 0.05) is 37.5 Å². The second kappa shape index (κ2) is 9.93. The molecule has 10 nitrogen and oxygen atoms in total. The average molecular weight is 513 g/mol. The van der Waals surface area contributed by atoms with Crippen LogP contribution in [0.5, 0.6) is 0 Å². The Morgan fingerprint density at radius 3 is 2.36 bits per heavy atom. The monoisotopic (exact) mass is 512 g/mol. The Labute approximate surface area is 212 Å². The van der Waals surface area contributed by atoms with Gasteiger partial charge in [-0.05, 0) is 33.1 Å². The highest BCUT2D eigenvalue weighted by atomic mass is 16.6. The van der Waals surface area contributed by atoms with Crippen molar-refractivity contribution in [3.05, 3.63) is 0 Å². The van der Waals surface area contributed by atoms with E-state index in [9.17, 15) is 29.4 Å². The van der Waals surface area contributed by atoms with Crippen molar-refractivity contribution >= 4 is 23.9 Å². The normalized spacial score (nSPS) is 42.4. The van der Waals surface area contributed by atoms with E-state index in [2.05, 4.69) is 0 Å². The zero-order chi connectivity index (χ0) is 27.2. The summed E-state index contributed by atoms with van der Waals surface area (Å²) in [4.78, 5) is 50.2. The van der Waals surface area contributed by atoms with E-state index in [4.69, 9.17) is 18.9 Å². The van der Waals surface area contributed by atoms with Crippen molar-refractivity contribution < 1.29 is 48.3 Å². The molecule has 0 aromatic heterocycles. The molecule has 1 unspecified atom stereocenters. The maximum absolute atomic E-state index is 12.8. The van der Waals surface area contributed by atoms with Crippen molar-refractivity contribution in [1.29, 1.82) is 0 Å². The summed E-state index contributed by atoms with van der Waals surface area (Å²) in [5.41, 5.74) is -5.99. The molecule has 3 fully saturated rings. The van der Waals surface area contributed by atoms with Crippen molar-refractivity contribution in [3.63, 3.8) is 0 Å². The molecule has 1 saturated heterocycles. The van der Waals surface area contributed by atoms with Crippen LogP contribution in [0.1, 0.15) is 80.6 Å². The summed E-state index contributed by atoms with van der Waals surface area (Å²) in [6, 6.07) is 0. The molecule has 1 heterocycles. The quantitative estimate of drug-likeness (QED) is 0.384. The Bertz CT molecular complexity index is 899. The second-order valence-electron chi connectivity index (χ2n) is 11.1. The van der Waals surface area contributed by atoms with Gasteiger partial charge < -0.3 is 29.2 Å². The van der Waals surface area contributed by atoms with Gasteiger partial charge in [0.2, 0.25) is 0 Å². The third-order valence-electron chi connectivity index (χ3n) is 8.59. The molecule has 2 N–H and O–H groups in total. The van der Waals surface area contributed by atoms with Crippen molar-refractivity contribution in [1.82, 2.24) is 0 Å². The Kier molecular flexibility index (Phi) is 7.82. The summed E-state index contributed by atoms with van der Waals surface area (Å²) in [6.07, 6.45) is -2.02. The van der Waals surface area contributed by atoms with Gasteiger partial charge >= 0.3 is 23.9 Å². The van der Waals surface area contributed by atoms with Crippen LogP contribution in [0, 0.1) is 23.7 Å². The second-order valence-corrected chi connectivity index (χ2v) is 11.1. The van der Waals surface area contributed by atoms with Crippen molar-refractivity contribution in [3.8, 4) is 0 Å². The molecule has 2 aliphatic carbocycles. The van der Waals surface area contributed by atoms with Crippen LogP contribution < -0.4 is 0 Å². The first kappa shape index (κ1) is 28.4. The zero-order valence-electron chi connectivity index (χ0n) is 22.2. The minimum Gasteiger partial charge on any atom is -0.462 e. The van der Waals surface area contributed by atoms with E-state index >= 15 is 0 Å². The largest absolute Gasteiger partial charge is 0.462 e. The van der Waals surface area contributed by atoms with E-state index in [1.54, 1.807) is 20.8 Å². The number of aliphatic hydroxyl groups is 2. The van der Waals surface area contributed by atoms with Crippen LogP contribution in [-0.4, -0.2) is 69.2 Å². The third-order valence-corrected chi connectivity index (χ3v) is 8.59. The van der Waals surface area contributed by atoms with Gasteiger partial charge in [-0.2, -0.15) is 0 Å². The smallest absolute Gasteiger partial charge is 0.341 e. The highest BCUT2D eigenvalue weighted by molar-refractivity contribution is 5.84. The van der Waals surface area contributed by atoms with Crippen molar-refractivity contribution in [2.24, 2.45) is 23.7 Å². The number of hydrogen-bond acceptors (Lipinski definition) is 10. The standard InChI is InChI=1S/C26H40O10/c1-8-10-19(28)34-18-12-24(6,36-15(5)27)16-11-17(33-22(29)13(3)9-2)14(4)20(16)21-26(18,32)25(7,31)23(30)35-21/h13-14,16-18,20-21,31-32H,8-12H2,1-7H3/t13?,14-,16-,17+,18-,20+,21-,24-,25+,26+/m0/s1. The molecule has 10 heteroatoms. The number of carbonyl (C=O) groups is 4. The van der Waals surface area contributed by atoms with Crippen LogP contribution in [0.4, 0.5) is 0 Å². The lowest BCUT2D eigenvalue weighted by atomic mass is 9.72. The first-order chi connectivity index (χ1) is 16.6. The summed E-state index contributed by atoms with van der Waals surface area (Å²) < 4.78 is 23.0. The van der Waals surface area contributed by atoms with Gasteiger partial charge in [-0.15, -0.1) is 0 Å². The Morgan fingerprint density at radius 2 is 1.81 bits per heavy atom. The molecular formula is C26H40O10. The number of ether oxygens (including phenoxy) is 4. The number of rotatable bonds is 7. The summed E-state index contributed by atoms with van der Waals surface area (Å²) >= 11 is 0. The fraction of sp³-hybridized carbons (Fsp3) is 0.846. The van der Waals surface area contributed by atoms with Gasteiger partial charge in [0.15, 0.2) is 11.2 Å². The lowest BCUT2D eigenvalue weighted by Crippen LogP contribution is -2.65. The summed E-state index contributed by atoms with van der Waals surface area (Å²) in [5.74, 6) is -4.53. The minimum atomic E-state index is -2.40. The molecule has 3 rings (SSSR count). The van der Waals surface area contributed by atoms with Gasteiger partial charge in [0.25, 0.3) is 0 Å². The van der Waals surface area contributed by atoms with Crippen LogP contribution >= 0.6 is 0 Å². The van der Waals surface area contributed by atoms with Crippen LogP contribution in [0.2, 0.25) is 0 Å². The van der Waals surface area contributed by atoms with Crippen molar-refractivity contribution in [2.45, 2.75) is 116 Å². The van der Waals surface area contributed by atoms with E-state index in [-0.39, 0.29) is 31.1 Å². The molecule has 0 amide bonds. The fourth-order valence-electron chi connectivity index (χ4n) is 6.27. The van der Waals surface area contributed by atoms with E-state index in [1.165, 1.54) is 6.92 Å². The molecule has 0 radical (unpaired) electrons. The zero-order valence-corrected chi connectivity index (χ0v) is 22.2. The molecule has 36 heavy (non-hydrogen) atoms. The maximum atomic E-state index is 12.8. The van der Waals surface area contributed by atoms with Crippen LogP contribution in [-0.2, 0) is 38.1 Å². The molecule has 0 spiro atoms. The molecule has 3 aliphatic rings. The predicted molar refractivity (Wildman–Crippen MR) is 125 cm³/mol. The van der Waals surface area contributed by atoms with E-state index in [0.29, 0.717) is 12.8 Å². The Hall–Kier alpha value is -2.20. The van der Waals surface area contributed by atoms with Gasteiger partial charge in [-0.1, -0.05) is 27.7 Å². The lowest BCUT2D eigenvalue weighted by molar-refractivity contribution is -0.214. The summed E-state index contributed by atoms with van der Waals surface area (Å²) in [6.45, 7) is 11.3.